The molecule has 1 aromatic heterocycles. The smallest absolute Gasteiger partial charge is 0.253 e. The van der Waals surface area contributed by atoms with Crippen molar-refractivity contribution in [3.05, 3.63) is 75.6 Å². The number of para-hydroxylation sites is 1. The molecule has 0 atom stereocenters. The molecule has 1 heterocycles. The van der Waals surface area contributed by atoms with Crippen LogP contribution in [-0.4, -0.2) is 10.9 Å². The van der Waals surface area contributed by atoms with Gasteiger partial charge in [0.05, 0.1) is 12.1 Å². The molecule has 4 nitrogen and oxygen atoms in total. The summed E-state index contributed by atoms with van der Waals surface area (Å²) in [5.41, 5.74) is 4.24. The van der Waals surface area contributed by atoms with Crippen LogP contribution in [0.3, 0.4) is 0 Å². The Morgan fingerprint density at radius 1 is 1.08 bits per heavy atom. The van der Waals surface area contributed by atoms with Crippen molar-refractivity contribution in [3.63, 3.8) is 0 Å². The summed E-state index contributed by atoms with van der Waals surface area (Å²) in [7, 11) is 0. The number of nitrogens with one attached hydrogen (secondary N) is 1. The Morgan fingerprint density at radius 3 is 2.58 bits per heavy atom. The quantitative estimate of drug-likeness (QED) is 0.739. The summed E-state index contributed by atoms with van der Waals surface area (Å²) in [6.45, 7) is 6.22. The van der Waals surface area contributed by atoms with E-state index in [2.05, 4.69) is 4.98 Å². The van der Waals surface area contributed by atoms with Crippen LogP contribution < -0.4 is 10.5 Å². The summed E-state index contributed by atoms with van der Waals surface area (Å²) in [5, 5.41) is 0.978. The number of pyridine rings is 1. The van der Waals surface area contributed by atoms with E-state index in [1.54, 1.807) is 4.90 Å². The summed E-state index contributed by atoms with van der Waals surface area (Å²) in [6, 6.07) is 15.6. The molecule has 0 unspecified atom stereocenters. The summed E-state index contributed by atoms with van der Waals surface area (Å²) in [6.07, 6.45) is 1.23. The fourth-order valence-corrected chi connectivity index (χ4v) is 3.18. The molecule has 1 N–H and O–H groups in total. The van der Waals surface area contributed by atoms with Crippen molar-refractivity contribution >= 4 is 22.5 Å². The van der Waals surface area contributed by atoms with E-state index in [4.69, 9.17) is 0 Å². The Kier molecular flexibility index (Phi) is 5.21. The zero-order chi connectivity index (χ0) is 18.7. The highest BCUT2D eigenvalue weighted by atomic mass is 16.2. The maximum absolute atomic E-state index is 12.7. The zero-order valence-electron chi connectivity index (χ0n) is 15.5. The van der Waals surface area contributed by atoms with Crippen molar-refractivity contribution in [1.82, 2.24) is 4.98 Å². The van der Waals surface area contributed by atoms with Gasteiger partial charge in [-0.25, -0.2) is 0 Å². The van der Waals surface area contributed by atoms with Gasteiger partial charge in [0.2, 0.25) is 5.91 Å². The predicted molar refractivity (Wildman–Crippen MR) is 107 cm³/mol. The average Bonchev–Trinajstić information content (AvgIpc) is 2.61. The number of fused-ring (bicyclic) bond motifs is 1. The second-order valence-corrected chi connectivity index (χ2v) is 6.73. The predicted octanol–water partition coefficient (Wildman–Crippen LogP) is 4.48. The molecule has 0 radical (unpaired) electrons. The van der Waals surface area contributed by atoms with Crippen molar-refractivity contribution in [2.45, 2.75) is 40.2 Å². The van der Waals surface area contributed by atoms with E-state index in [9.17, 15) is 9.59 Å². The number of hydrogen-bond donors (Lipinski definition) is 1. The fraction of sp³-hybridized carbons (Fsp3) is 0.273. The Balaban J connectivity index is 2.04. The maximum atomic E-state index is 12.7. The number of nitrogens with zero attached hydrogens (tertiary/aromatic N) is 1. The molecule has 0 spiro atoms. The number of carbonyl (C=O) groups excluding carboxylic acids is 1. The Bertz CT molecular complexity index is 1000. The number of aromatic amines is 1. The van der Waals surface area contributed by atoms with Gasteiger partial charge in [0.1, 0.15) is 0 Å². The van der Waals surface area contributed by atoms with Crippen molar-refractivity contribution in [2.24, 2.45) is 0 Å². The topological polar surface area (TPSA) is 53.2 Å². The normalized spacial score (nSPS) is 10.9. The van der Waals surface area contributed by atoms with Crippen molar-refractivity contribution in [2.75, 3.05) is 4.90 Å². The first-order chi connectivity index (χ1) is 12.5. The van der Waals surface area contributed by atoms with E-state index in [-0.39, 0.29) is 18.0 Å². The van der Waals surface area contributed by atoms with Crippen LogP contribution in [0.4, 0.5) is 5.69 Å². The molecule has 0 bridgehead atoms. The first kappa shape index (κ1) is 17.9. The monoisotopic (exact) mass is 348 g/mol. The van der Waals surface area contributed by atoms with E-state index in [1.165, 1.54) is 0 Å². The van der Waals surface area contributed by atoms with Crippen LogP contribution in [0.25, 0.3) is 10.9 Å². The third-order valence-corrected chi connectivity index (χ3v) is 4.57. The van der Waals surface area contributed by atoms with Crippen molar-refractivity contribution in [3.8, 4) is 0 Å². The third-order valence-electron chi connectivity index (χ3n) is 4.57. The first-order valence-corrected chi connectivity index (χ1v) is 8.98. The molecule has 1 amide bonds. The van der Waals surface area contributed by atoms with Gasteiger partial charge in [-0.3, -0.25) is 9.59 Å². The Hall–Kier alpha value is -2.88. The lowest BCUT2D eigenvalue weighted by molar-refractivity contribution is -0.118. The number of rotatable bonds is 5. The number of amides is 1. The van der Waals surface area contributed by atoms with Gasteiger partial charge in [-0.1, -0.05) is 37.3 Å². The zero-order valence-corrected chi connectivity index (χ0v) is 15.5. The van der Waals surface area contributed by atoms with E-state index in [0.717, 1.165) is 34.1 Å². The Labute approximate surface area is 153 Å². The number of anilines is 1. The van der Waals surface area contributed by atoms with E-state index < -0.39 is 0 Å². The molecule has 0 aliphatic carbocycles. The molecule has 3 rings (SSSR count). The molecule has 0 saturated heterocycles. The highest BCUT2D eigenvalue weighted by Crippen LogP contribution is 2.21. The maximum Gasteiger partial charge on any atom is 0.253 e. The minimum atomic E-state index is -0.145. The number of aryl methyl sites for hydroxylation is 2. The largest absolute Gasteiger partial charge is 0.321 e. The van der Waals surface area contributed by atoms with Crippen LogP contribution in [0, 0.1) is 13.8 Å². The molecule has 4 heteroatoms. The Morgan fingerprint density at radius 2 is 1.85 bits per heavy atom. The van der Waals surface area contributed by atoms with Gasteiger partial charge in [0.15, 0.2) is 0 Å². The van der Waals surface area contributed by atoms with Gasteiger partial charge in [-0.2, -0.15) is 0 Å². The van der Waals surface area contributed by atoms with E-state index in [1.807, 2.05) is 69.3 Å². The lowest BCUT2D eigenvalue weighted by Crippen LogP contribution is -2.32. The highest BCUT2D eigenvalue weighted by molar-refractivity contribution is 5.93. The standard InChI is InChI=1S/C22H24N2O2/c1-4-7-20(25)24(19-11-5-8-15(2)12-19)14-18-13-17-10-6-9-16(3)21(17)23-22(18)26/h5-6,8-13H,4,7,14H2,1-3H3,(H,23,26). The van der Waals surface area contributed by atoms with E-state index >= 15 is 0 Å². The molecular weight excluding hydrogens is 324 g/mol. The van der Waals surface area contributed by atoms with Gasteiger partial charge in [-0.15, -0.1) is 0 Å². The summed E-state index contributed by atoms with van der Waals surface area (Å²) in [5.74, 6) is 0.0295. The van der Waals surface area contributed by atoms with Crippen molar-refractivity contribution in [1.29, 1.82) is 0 Å². The van der Waals surface area contributed by atoms with Crippen LogP contribution in [0.15, 0.2) is 53.3 Å². The number of hydrogen-bond acceptors (Lipinski definition) is 2. The average molecular weight is 348 g/mol. The number of benzene rings is 2. The molecule has 0 fully saturated rings. The van der Waals surface area contributed by atoms with Crippen molar-refractivity contribution < 1.29 is 4.79 Å². The number of carbonyl (C=O) groups is 1. The number of H-pyrrole nitrogens is 1. The number of aromatic nitrogens is 1. The minimum absolute atomic E-state index is 0.0295. The third kappa shape index (κ3) is 3.69. The molecule has 0 aliphatic rings. The molecule has 134 valence electrons. The van der Waals surface area contributed by atoms with Crippen LogP contribution >= 0.6 is 0 Å². The summed E-state index contributed by atoms with van der Waals surface area (Å²) >= 11 is 0. The lowest BCUT2D eigenvalue weighted by atomic mass is 10.1. The van der Waals surface area contributed by atoms with Gasteiger partial charge in [-0.05, 0) is 55.0 Å². The highest BCUT2D eigenvalue weighted by Gasteiger charge is 2.17. The molecule has 2 aromatic carbocycles. The van der Waals surface area contributed by atoms with Crippen LogP contribution in [-0.2, 0) is 11.3 Å². The molecule has 0 saturated carbocycles. The fourth-order valence-electron chi connectivity index (χ4n) is 3.18. The molecular formula is C22H24N2O2. The van der Waals surface area contributed by atoms with Gasteiger partial charge in [0, 0.05) is 17.7 Å². The molecule has 3 aromatic rings. The van der Waals surface area contributed by atoms with Gasteiger partial charge < -0.3 is 9.88 Å². The van der Waals surface area contributed by atoms with Crippen LogP contribution in [0.5, 0.6) is 0 Å². The first-order valence-electron chi connectivity index (χ1n) is 8.98. The summed E-state index contributed by atoms with van der Waals surface area (Å²) < 4.78 is 0. The summed E-state index contributed by atoms with van der Waals surface area (Å²) in [4.78, 5) is 30.0. The molecule has 0 aliphatic heterocycles. The molecule has 26 heavy (non-hydrogen) atoms. The van der Waals surface area contributed by atoms with Crippen LogP contribution in [0.2, 0.25) is 0 Å². The van der Waals surface area contributed by atoms with E-state index in [0.29, 0.717) is 12.0 Å². The minimum Gasteiger partial charge on any atom is -0.321 e. The second-order valence-electron chi connectivity index (χ2n) is 6.73. The van der Waals surface area contributed by atoms with Crippen LogP contribution in [0.1, 0.15) is 36.5 Å². The van der Waals surface area contributed by atoms with Gasteiger partial charge in [0.25, 0.3) is 5.56 Å². The second kappa shape index (κ2) is 7.56. The SMILES string of the molecule is CCCC(=O)N(Cc1cc2cccc(C)c2[nH]c1=O)c1cccc(C)c1. The van der Waals surface area contributed by atoms with Gasteiger partial charge >= 0.3 is 0 Å². The lowest BCUT2D eigenvalue weighted by Gasteiger charge is -2.23.